The molecular weight excluding hydrogens is 386 g/mol. The first-order valence-electron chi connectivity index (χ1n) is 10.8. The largest absolute Gasteiger partial charge is 0.486 e. The minimum atomic E-state index is -0.627. The van der Waals surface area contributed by atoms with Crippen molar-refractivity contribution < 1.29 is 23.9 Å². The maximum absolute atomic E-state index is 12.7. The first-order chi connectivity index (χ1) is 14.5. The van der Waals surface area contributed by atoms with Crippen LogP contribution < -0.4 is 25.0 Å². The highest BCUT2D eigenvalue weighted by molar-refractivity contribution is 6.01. The number of amides is 3. The highest BCUT2D eigenvalue weighted by Crippen LogP contribution is 2.36. The van der Waals surface area contributed by atoms with Crippen molar-refractivity contribution >= 4 is 23.4 Å². The second kappa shape index (κ2) is 8.93. The van der Waals surface area contributed by atoms with Gasteiger partial charge in [0.2, 0.25) is 17.7 Å². The summed E-state index contributed by atoms with van der Waals surface area (Å²) >= 11 is 0. The summed E-state index contributed by atoms with van der Waals surface area (Å²) in [6.45, 7) is 2.94. The number of hydrogen-bond acceptors (Lipinski definition) is 5. The molecule has 2 N–H and O–H groups in total. The van der Waals surface area contributed by atoms with Gasteiger partial charge in [0, 0.05) is 30.8 Å². The number of rotatable bonds is 5. The summed E-state index contributed by atoms with van der Waals surface area (Å²) in [5.74, 6) is 0.218. The van der Waals surface area contributed by atoms with E-state index in [1.54, 1.807) is 30.0 Å². The SMILES string of the molecule is C[C@H](NC(=O)C1CC(=O)N(c2ccc3c(c2)OCCO3)C1)C(=O)NC1CCCCC1. The molecule has 2 heterocycles. The molecule has 8 heteroatoms. The third-order valence-electron chi connectivity index (χ3n) is 6.04. The molecule has 0 bridgehead atoms. The van der Waals surface area contributed by atoms with Crippen LogP contribution in [0.5, 0.6) is 11.5 Å². The second-order valence-corrected chi connectivity index (χ2v) is 8.31. The van der Waals surface area contributed by atoms with Crippen molar-refractivity contribution in [2.75, 3.05) is 24.7 Å². The molecule has 1 aromatic rings. The summed E-state index contributed by atoms with van der Waals surface area (Å²) in [7, 11) is 0. The number of carbonyl (C=O) groups excluding carboxylic acids is 3. The second-order valence-electron chi connectivity index (χ2n) is 8.31. The molecular formula is C22H29N3O5. The van der Waals surface area contributed by atoms with Crippen LogP contribution in [0.2, 0.25) is 0 Å². The van der Waals surface area contributed by atoms with E-state index >= 15 is 0 Å². The van der Waals surface area contributed by atoms with Gasteiger partial charge in [-0.25, -0.2) is 0 Å². The number of fused-ring (bicyclic) bond motifs is 1. The molecule has 8 nitrogen and oxygen atoms in total. The summed E-state index contributed by atoms with van der Waals surface area (Å²) in [6, 6.07) is 4.92. The van der Waals surface area contributed by atoms with Crippen molar-refractivity contribution in [3.8, 4) is 11.5 Å². The van der Waals surface area contributed by atoms with Gasteiger partial charge in [-0.2, -0.15) is 0 Å². The molecule has 4 rings (SSSR count). The van der Waals surface area contributed by atoms with Crippen LogP contribution in [0.4, 0.5) is 5.69 Å². The Kier molecular flexibility index (Phi) is 6.11. The van der Waals surface area contributed by atoms with Crippen LogP contribution >= 0.6 is 0 Å². The number of carbonyl (C=O) groups is 3. The van der Waals surface area contributed by atoms with Gasteiger partial charge >= 0.3 is 0 Å². The molecule has 1 aromatic carbocycles. The summed E-state index contributed by atoms with van der Waals surface area (Å²) in [5.41, 5.74) is 0.683. The zero-order valence-corrected chi connectivity index (χ0v) is 17.3. The normalized spacial score (nSPS) is 22.5. The van der Waals surface area contributed by atoms with Gasteiger partial charge in [0.1, 0.15) is 19.3 Å². The average molecular weight is 415 g/mol. The third-order valence-corrected chi connectivity index (χ3v) is 6.04. The molecule has 1 saturated heterocycles. The number of nitrogens with one attached hydrogen (secondary N) is 2. The van der Waals surface area contributed by atoms with Gasteiger partial charge in [-0.15, -0.1) is 0 Å². The first-order valence-corrected chi connectivity index (χ1v) is 10.8. The van der Waals surface area contributed by atoms with Crippen molar-refractivity contribution in [2.24, 2.45) is 5.92 Å². The van der Waals surface area contributed by atoms with Crippen molar-refractivity contribution in [3.05, 3.63) is 18.2 Å². The fourth-order valence-corrected chi connectivity index (χ4v) is 4.30. The van der Waals surface area contributed by atoms with Gasteiger partial charge in [0.05, 0.1) is 5.92 Å². The number of ether oxygens (including phenoxy) is 2. The molecule has 3 aliphatic rings. The number of hydrogen-bond donors (Lipinski definition) is 2. The highest BCUT2D eigenvalue weighted by Gasteiger charge is 2.36. The van der Waals surface area contributed by atoms with Crippen LogP contribution in [-0.4, -0.2) is 49.6 Å². The maximum Gasteiger partial charge on any atom is 0.242 e. The topological polar surface area (TPSA) is 97.0 Å². The zero-order valence-electron chi connectivity index (χ0n) is 17.3. The van der Waals surface area contributed by atoms with Gasteiger partial charge in [0.15, 0.2) is 11.5 Å². The molecule has 1 saturated carbocycles. The lowest BCUT2D eigenvalue weighted by Gasteiger charge is -2.25. The lowest BCUT2D eigenvalue weighted by Crippen LogP contribution is -2.50. The van der Waals surface area contributed by atoms with Crippen molar-refractivity contribution in [1.82, 2.24) is 10.6 Å². The predicted octanol–water partition coefficient (Wildman–Crippen LogP) is 1.76. The van der Waals surface area contributed by atoms with Crippen molar-refractivity contribution in [2.45, 2.75) is 57.5 Å². The smallest absolute Gasteiger partial charge is 0.242 e. The van der Waals surface area contributed by atoms with E-state index in [1.165, 1.54) is 6.42 Å². The summed E-state index contributed by atoms with van der Waals surface area (Å²) in [5, 5.41) is 5.81. The molecule has 0 aromatic heterocycles. The number of anilines is 1. The molecule has 162 valence electrons. The van der Waals surface area contributed by atoms with Gasteiger partial charge in [0.25, 0.3) is 0 Å². The van der Waals surface area contributed by atoms with Crippen LogP contribution in [0.15, 0.2) is 18.2 Å². The van der Waals surface area contributed by atoms with Crippen LogP contribution in [0.1, 0.15) is 45.4 Å². The molecule has 3 amide bonds. The van der Waals surface area contributed by atoms with Gasteiger partial charge in [-0.1, -0.05) is 19.3 Å². The average Bonchev–Trinajstić information content (AvgIpc) is 3.16. The molecule has 2 atom stereocenters. The van der Waals surface area contributed by atoms with Crippen LogP contribution in [0, 0.1) is 5.92 Å². The van der Waals surface area contributed by atoms with E-state index in [2.05, 4.69) is 10.6 Å². The van der Waals surface area contributed by atoms with Crippen molar-refractivity contribution in [1.29, 1.82) is 0 Å². The Bertz CT molecular complexity index is 821. The van der Waals surface area contributed by atoms with Crippen LogP contribution in [0.25, 0.3) is 0 Å². The zero-order chi connectivity index (χ0) is 21.1. The lowest BCUT2D eigenvalue weighted by atomic mass is 9.95. The predicted molar refractivity (Wildman–Crippen MR) is 111 cm³/mol. The number of benzene rings is 1. The monoisotopic (exact) mass is 415 g/mol. The van der Waals surface area contributed by atoms with Gasteiger partial charge in [-0.3, -0.25) is 14.4 Å². The van der Waals surface area contributed by atoms with E-state index in [0.29, 0.717) is 30.4 Å². The first kappa shape index (κ1) is 20.5. The Morgan fingerprint density at radius 1 is 1.10 bits per heavy atom. The maximum atomic E-state index is 12.7. The van der Waals surface area contributed by atoms with E-state index in [-0.39, 0.29) is 36.7 Å². The fraction of sp³-hybridized carbons (Fsp3) is 0.591. The molecule has 2 aliphatic heterocycles. The molecule has 30 heavy (non-hydrogen) atoms. The lowest BCUT2D eigenvalue weighted by molar-refractivity contribution is -0.131. The minimum Gasteiger partial charge on any atom is -0.486 e. The minimum absolute atomic E-state index is 0.119. The van der Waals surface area contributed by atoms with E-state index < -0.39 is 12.0 Å². The standard InChI is InChI=1S/C22H29N3O5/c1-14(21(27)24-16-5-3-2-4-6-16)23-22(28)15-11-20(26)25(13-15)17-7-8-18-19(12-17)30-10-9-29-18/h7-8,12,14-16H,2-6,9-11,13H2,1H3,(H,23,28)(H,24,27)/t14-,15?/m0/s1. The quantitative estimate of drug-likeness (QED) is 0.764. The van der Waals surface area contributed by atoms with E-state index in [4.69, 9.17) is 9.47 Å². The third kappa shape index (κ3) is 4.52. The molecule has 0 spiro atoms. The Balaban J connectivity index is 1.33. The summed E-state index contributed by atoms with van der Waals surface area (Å²) < 4.78 is 11.1. The van der Waals surface area contributed by atoms with Gasteiger partial charge < -0.3 is 25.0 Å². The number of nitrogens with zero attached hydrogens (tertiary/aromatic N) is 1. The Morgan fingerprint density at radius 2 is 1.83 bits per heavy atom. The molecule has 1 unspecified atom stereocenters. The fourth-order valence-electron chi connectivity index (χ4n) is 4.30. The Labute approximate surface area is 176 Å². The van der Waals surface area contributed by atoms with Gasteiger partial charge in [-0.05, 0) is 31.9 Å². The summed E-state index contributed by atoms with van der Waals surface area (Å²) in [4.78, 5) is 39.2. The van der Waals surface area contributed by atoms with E-state index in [9.17, 15) is 14.4 Å². The molecule has 2 fully saturated rings. The van der Waals surface area contributed by atoms with E-state index in [0.717, 1.165) is 25.7 Å². The van der Waals surface area contributed by atoms with E-state index in [1.807, 2.05) is 0 Å². The highest BCUT2D eigenvalue weighted by atomic mass is 16.6. The molecule has 0 radical (unpaired) electrons. The van der Waals surface area contributed by atoms with Crippen LogP contribution in [0.3, 0.4) is 0 Å². The van der Waals surface area contributed by atoms with Crippen LogP contribution in [-0.2, 0) is 14.4 Å². The Morgan fingerprint density at radius 3 is 2.60 bits per heavy atom. The summed E-state index contributed by atoms with van der Waals surface area (Å²) in [6.07, 6.45) is 5.59. The Hall–Kier alpha value is -2.77. The molecule has 1 aliphatic carbocycles. The van der Waals surface area contributed by atoms with Crippen molar-refractivity contribution in [3.63, 3.8) is 0 Å².